The molecule has 5 amide bonds. The van der Waals surface area contributed by atoms with E-state index in [2.05, 4.69) is 10.2 Å². The molecule has 3 saturated heterocycles. The maximum atomic E-state index is 14.2. The number of phenolic OH excluding ortho intramolecular Hbond substituents is 1. The first-order valence-corrected chi connectivity index (χ1v) is 19.9. The van der Waals surface area contributed by atoms with E-state index in [0.29, 0.717) is 76.2 Å². The fourth-order valence-corrected chi connectivity index (χ4v) is 8.44. The summed E-state index contributed by atoms with van der Waals surface area (Å²) in [5, 5.41) is 13.4. The lowest BCUT2D eigenvalue weighted by Gasteiger charge is -2.43. The van der Waals surface area contributed by atoms with E-state index >= 15 is 0 Å². The lowest BCUT2D eigenvalue weighted by molar-refractivity contribution is -0.146. The Labute approximate surface area is 325 Å². The highest BCUT2D eigenvalue weighted by molar-refractivity contribution is 6.41. The summed E-state index contributed by atoms with van der Waals surface area (Å²) in [6.07, 6.45) is 2.36. The van der Waals surface area contributed by atoms with Gasteiger partial charge in [-0.05, 0) is 67.1 Å². The third-order valence-electron chi connectivity index (χ3n) is 11.6. The number of urea groups is 1. The molecule has 14 nitrogen and oxygen atoms in total. The minimum absolute atomic E-state index is 0.0141. The van der Waals surface area contributed by atoms with Crippen LogP contribution in [0.25, 0.3) is 0 Å². The van der Waals surface area contributed by atoms with E-state index in [0.717, 1.165) is 49.2 Å². The summed E-state index contributed by atoms with van der Waals surface area (Å²) < 4.78 is 11.0. The zero-order valence-corrected chi connectivity index (χ0v) is 32.5. The van der Waals surface area contributed by atoms with Gasteiger partial charge in [0.2, 0.25) is 5.91 Å². The first-order chi connectivity index (χ1) is 26.5. The Bertz CT molecular complexity index is 1700. The molecule has 4 aliphatic heterocycles. The number of nitrogens with zero attached hydrogens (tertiary/aromatic N) is 5. The number of piperidine rings is 2. The molecule has 2 aromatic carbocycles. The smallest absolute Gasteiger partial charge is 0.410 e. The number of likely N-dealkylation sites (tertiary alicyclic amines) is 2. The zero-order valence-electron chi connectivity index (χ0n) is 32.5. The normalized spacial score (nSPS) is 19.3. The predicted octanol–water partition coefficient (Wildman–Crippen LogP) is -0.0102. The number of hydrogen-bond acceptors (Lipinski definition) is 9. The van der Waals surface area contributed by atoms with Gasteiger partial charge in [0.15, 0.2) is 6.10 Å². The molecule has 3 fully saturated rings. The van der Waals surface area contributed by atoms with Crippen molar-refractivity contribution < 1.29 is 38.6 Å². The van der Waals surface area contributed by atoms with Gasteiger partial charge < -0.3 is 39.5 Å². The summed E-state index contributed by atoms with van der Waals surface area (Å²) in [5.74, 6) is -0.415. The number of ether oxygens (including phenoxy) is 2. The van der Waals surface area contributed by atoms with Crippen molar-refractivity contribution in [3.05, 3.63) is 47.5 Å². The number of para-hydroxylation sites is 1. The number of piperazine rings is 1. The number of nitrogens with one attached hydrogen (secondary N) is 1. The average Bonchev–Trinajstić information content (AvgIpc) is 3.36. The molecule has 6 rings (SSSR count). The summed E-state index contributed by atoms with van der Waals surface area (Å²) >= 11 is 0. The molecule has 2 aromatic rings. The van der Waals surface area contributed by atoms with E-state index in [1.54, 1.807) is 16.7 Å². The minimum atomic E-state index is -1.04. The first kappa shape index (κ1) is 40.0. The topological polar surface area (TPSA) is 152 Å². The van der Waals surface area contributed by atoms with Gasteiger partial charge in [0, 0.05) is 89.5 Å². The van der Waals surface area contributed by atoms with Gasteiger partial charge in [0.1, 0.15) is 21.4 Å². The van der Waals surface area contributed by atoms with Gasteiger partial charge in [-0.25, -0.2) is 9.59 Å². The Kier molecular flexibility index (Phi) is 13.3. The van der Waals surface area contributed by atoms with E-state index in [4.69, 9.17) is 9.47 Å². The van der Waals surface area contributed by atoms with Crippen LogP contribution in [-0.2, 0) is 36.7 Å². The molecule has 16 heteroatoms. The molecule has 0 aliphatic carbocycles. The van der Waals surface area contributed by atoms with E-state index in [1.165, 1.54) is 0 Å². The average molecular weight is 757 g/mol. The Morgan fingerprint density at radius 2 is 1.47 bits per heavy atom. The molecule has 0 spiro atoms. The van der Waals surface area contributed by atoms with Crippen molar-refractivity contribution in [2.24, 2.45) is 0 Å². The van der Waals surface area contributed by atoms with Crippen molar-refractivity contribution in [2.75, 3.05) is 70.8 Å². The molecule has 0 aromatic heterocycles. The molecule has 0 bridgehead atoms. The second-order valence-corrected chi connectivity index (χ2v) is 15.2. The zero-order chi connectivity index (χ0) is 39.1. The number of carbonyl (C=O) groups is 5. The number of carbonyl (C=O) groups excluding carboxylic acids is 5. The Morgan fingerprint density at radius 3 is 2.15 bits per heavy atom. The number of amides is 5. The van der Waals surface area contributed by atoms with Gasteiger partial charge in [-0.2, -0.15) is 0 Å². The fourth-order valence-electron chi connectivity index (χ4n) is 8.44. The number of phenols is 1. The third kappa shape index (κ3) is 9.94. The van der Waals surface area contributed by atoms with Crippen LogP contribution in [0.5, 0.6) is 5.75 Å². The maximum absolute atomic E-state index is 14.2. The van der Waals surface area contributed by atoms with Crippen LogP contribution in [0.3, 0.4) is 0 Å². The second kappa shape index (κ2) is 18.3. The van der Waals surface area contributed by atoms with Crippen LogP contribution in [0.15, 0.2) is 36.4 Å². The van der Waals surface area contributed by atoms with Gasteiger partial charge in [0.05, 0.1) is 13.0 Å². The van der Waals surface area contributed by atoms with Crippen LogP contribution >= 0.6 is 0 Å². The summed E-state index contributed by atoms with van der Waals surface area (Å²) in [6, 6.07) is 11.6. The second-order valence-electron chi connectivity index (χ2n) is 15.2. The molecular formula is C39H54B2N6O8. The molecule has 1 atom stereocenters. The van der Waals surface area contributed by atoms with Crippen molar-refractivity contribution in [3.8, 4) is 5.75 Å². The molecule has 55 heavy (non-hydrogen) atoms. The molecule has 4 aliphatic rings. The number of aromatic hydroxyl groups is 1. The van der Waals surface area contributed by atoms with Gasteiger partial charge in [-0.1, -0.05) is 30.3 Å². The summed E-state index contributed by atoms with van der Waals surface area (Å²) in [4.78, 5) is 74.9. The van der Waals surface area contributed by atoms with E-state index in [1.807, 2.05) is 61.9 Å². The predicted molar refractivity (Wildman–Crippen MR) is 213 cm³/mol. The van der Waals surface area contributed by atoms with Crippen molar-refractivity contribution in [1.29, 1.82) is 0 Å². The third-order valence-corrected chi connectivity index (χ3v) is 11.6. The van der Waals surface area contributed by atoms with Crippen LogP contribution in [0, 0.1) is 0 Å². The van der Waals surface area contributed by atoms with Crippen LogP contribution in [0.1, 0.15) is 56.6 Å². The van der Waals surface area contributed by atoms with E-state index in [-0.39, 0.29) is 60.9 Å². The van der Waals surface area contributed by atoms with E-state index in [9.17, 15) is 29.1 Å². The standard InChI is InChI=1S/C39H54B2N6O8/c1-2-54-35(49)8-7-34(48)44-21-19-43(20-22-44)28-10-14-45(15-11-28)37(51)33(25-26-23-30(40)36(50)31(41)24-26)55-39(53)46-16-12-29(13-17-46)47-18-9-27-5-3-4-6-32(27)42-38(47)52/h3-6,23-24,28-29,33,50H,2,7-22,25,40-41H2,1H3,(H,42,52)/t33-/m1/s1. The van der Waals surface area contributed by atoms with Gasteiger partial charge in [-0.15, -0.1) is 0 Å². The Morgan fingerprint density at radius 1 is 0.836 bits per heavy atom. The summed E-state index contributed by atoms with van der Waals surface area (Å²) in [5.41, 5.74) is 4.13. The molecular weight excluding hydrogens is 702 g/mol. The SMILES string of the molecule is Bc1cc(C[C@@H](OC(=O)N2CCC(N3CCc4ccccc4NC3=O)CC2)C(=O)N2CCC(N3CCN(C(=O)CCC(=O)OCC)CC3)CC2)cc(B)c1O. The molecule has 2 N–H and O–H groups in total. The minimum Gasteiger partial charge on any atom is -0.509 e. The number of rotatable bonds is 10. The number of hydrogen-bond donors (Lipinski definition) is 2. The molecule has 0 saturated carbocycles. The molecule has 4 heterocycles. The summed E-state index contributed by atoms with van der Waals surface area (Å²) in [6.45, 7) is 7.19. The lowest BCUT2D eigenvalue weighted by Crippen LogP contribution is -2.56. The highest BCUT2D eigenvalue weighted by Gasteiger charge is 2.37. The highest BCUT2D eigenvalue weighted by atomic mass is 16.6. The number of fused-ring (bicyclic) bond motifs is 1. The van der Waals surface area contributed by atoms with E-state index < -0.39 is 12.2 Å². The van der Waals surface area contributed by atoms with Crippen molar-refractivity contribution in [2.45, 2.75) is 76.5 Å². The lowest BCUT2D eigenvalue weighted by atomic mass is 9.83. The fraction of sp³-hybridized carbons (Fsp3) is 0.564. The Hall–Kier alpha value is -4.72. The molecule has 294 valence electrons. The molecule has 0 unspecified atom stereocenters. The van der Waals surface area contributed by atoms with Crippen molar-refractivity contribution >= 4 is 62.2 Å². The van der Waals surface area contributed by atoms with Gasteiger partial charge in [-0.3, -0.25) is 19.3 Å². The van der Waals surface area contributed by atoms with Gasteiger partial charge in [0.25, 0.3) is 5.91 Å². The van der Waals surface area contributed by atoms with Crippen molar-refractivity contribution in [3.63, 3.8) is 0 Å². The van der Waals surface area contributed by atoms with Crippen LogP contribution in [0.2, 0.25) is 0 Å². The quantitative estimate of drug-likeness (QED) is 0.252. The number of esters is 1. The number of benzene rings is 2. The number of anilines is 1. The van der Waals surface area contributed by atoms with Crippen LogP contribution < -0.4 is 16.2 Å². The first-order valence-electron chi connectivity index (χ1n) is 19.9. The largest absolute Gasteiger partial charge is 0.509 e. The monoisotopic (exact) mass is 756 g/mol. The van der Waals surface area contributed by atoms with Gasteiger partial charge >= 0.3 is 18.1 Å². The maximum Gasteiger partial charge on any atom is 0.410 e. The highest BCUT2D eigenvalue weighted by Crippen LogP contribution is 2.26. The van der Waals surface area contributed by atoms with Crippen LogP contribution in [-0.4, -0.2) is 159 Å². The summed E-state index contributed by atoms with van der Waals surface area (Å²) in [7, 11) is 3.62. The Balaban J connectivity index is 1.03. The molecule has 0 radical (unpaired) electrons. The van der Waals surface area contributed by atoms with Crippen molar-refractivity contribution in [1.82, 2.24) is 24.5 Å². The van der Waals surface area contributed by atoms with Crippen LogP contribution in [0.4, 0.5) is 15.3 Å².